The number of hydrogen-bond acceptors (Lipinski definition) is 4. The highest BCUT2D eigenvalue weighted by atomic mass is 35.5. The van der Waals surface area contributed by atoms with Crippen molar-refractivity contribution in [2.24, 2.45) is 5.73 Å². The van der Waals surface area contributed by atoms with Gasteiger partial charge in [0.15, 0.2) is 0 Å². The van der Waals surface area contributed by atoms with Crippen molar-refractivity contribution in [2.75, 3.05) is 5.32 Å². The minimum atomic E-state index is 0.351. The Hall–Kier alpha value is -1.17. The maximum atomic E-state index is 5.97. The molecule has 0 aliphatic rings. The Kier molecular flexibility index (Phi) is 4.16. The predicted octanol–water partition coefficient (Wildman–Crippen LogP) is 3.35. The van der Waals surface area contributed by atoms with E-state index >= 15 is 0 Å². The average molecular weight is 298 g/mol. The van der Waals surface area contributed by atoms with Crippen LogP contribution in [0.5, 0.6) is 0 Å². The molecule has 6 heteroatoms. The van der Waals surface area contributed by atoms with Crippen molar-refractivity contribution in [3.05, 3.63) is 44.9 Å². The highest BCUT2D eigenvalue weighted by Gasteiger charge is 2.06. The van der Waals surface area contributed by atoms with Gasteiger partial charge in [0, 0.05) is 27.3 Å². The van der Waals surface area contributed by atoms with Crippen LogP contribution in [0.1, 0.15) is 16.3 Å². The fourth-order valence-electron chi connectivity index (χ4n) is 1.53. The molecule has 3 nitrogen and oxygen atoms in total. The molecule has 0 spiro atoms. The van der Waals surface area contributed by atoms with Gasteiger partial charge in [-0.15, -0.1) is 11.3 Å². The van der Waals surface area contributed by atoms with Gasteiger partial charge in [-0.2, -0.15) is 0 Å². The molecule has 0 unspecified atom stereocenters. The first-order chi connectivity index (χ1) is 8.56. The Labute approximate surface area is 120 Å². The van der Waals surface area contributed by atoms with Crippen LogP contribution in [0, 0.1) is 6.92 Å². The summed E-state index contributed by atoms with van der Waals surface area (Å²) in [6.07, 6.45) is 0. The normalized spacial score (nSPS) is 10.3. The van der Waals surface area contributed by atoms with Crippen LogP contribution in [-0.2, 0) is 6.54 Å². The van der Waals surface area contributed by atoms with Gasteiger partial charge in [0.05, 0.1) is 6.54 Å². The largest absolute Gasteiger partial charge is 0.389 e. The number of aryl methyl sites for hydroxylation is 1. The van der Waals surface area contributed by atoms with Crippen molar-refractivity contribution in [3.63, 3.8) is 0 Å². The van der Waals surface area contributed by atoms with Crippen LogP contribution in [0.25, 0.3) is 0 Å². The second-order valence-corrected chi connectivity index (χ2v) is 5.61. The van der Waals surface area contributed by atoms with Crippen LogP contribution >= 0.6 is 35.2 Å². The van der Waals surface area contributed by atoms with E-state index in [0.29, 0.717) is 16.6 Å². The highest BCUT2D eigenvalue weighted by molar-refractivity contribution is 7.80. The smallest absolute Gasteiger partial charge is 0.112 e. The van der Waals surface area contributed by atoms with Crippen LogP contribution in [-0.4, -0.2) is 9.97 Å². The van der Waals surface area contributed by atoms with E-state index in [2.05, 4.69) is 10.3 Å². The van der Waals surface area contributed by atoms with Crippen molar-refractivity contribution in [1.29, 1.82) is 0 Å². The Morgan fingerprint density at radius 2 is 2.33 bits per heavy atom. The molecule has 0 aliphatic heterocycles. The molecule has 0 saturated heterocycles. The topological polar surface area (TPSA) is 50.9 Å². The lowest BCUT2D eigenvalue weighted by Crippen LogP contribution is -2.13. The van der Waals surface area contributed by atoms with Gasteiger partial charge < -0.3 is 11.1 Å². The number of halogens is 1. The SMILES string of the molecule is Cc1csc(CNc2cc(Cl)ccc2C(N)=S)n1. The molecule has 0 aliphatic carbocycles. The predicted molar refractivity (Wildman–Crippen MR) is 81.5 cm³/mol. The van der Waals surface area contributed by atoms with Gasteiger partial charge in [0.1, 0.15) is 10.00 Å². The fourth-order valence-corrected chi connectivity index (χ4v) is 2.59. The molecule has 94 valence electrons. The molecule has 1 aromatic carbocycles. The average Bonchev–Trinajstić information content (AvgIpc) is 2.72. The third-order valence-electron chi connectivity index (χ3n) is 2.34. The Morgan fingerprint density at radius 3 is 2.94 bits per heavy atom. The summed E-state index contributed by atoms with van der Waals surface area (Å²) in [4.78, 5) is 4.73. The highest BCUT2D eigenvalue weighted by Crippen LogP contribution is 2.22. The van der Waals surface area contributed by atoms with Crippen LogP contribution in [0.2, 0.25) is 5.02 Å². The molecule has 0 fully saturated rings. The maximum absolute atomic E-state index is 5.97. The molecule has 1 heterocycles. The van der Waals surface area contributed by atoms with E-state index in [1.165, 1.54) is 0 Å². The summed E-state index contributed by atoms with van der Waals surface area (Å²) >= 11 is 12.6. The van der Waals surface area contributed by atoms with Crippen molar-refractivity contribution in [2.45, 2.75) is 13.5 Å². The minimum Gasteiger partial charge on any atom is -0.389 e. The molecule has 1 aromatic heterocycles. The molecule has 18 heavy (non-hydrogen) atoms. The molecular formula is C12H12ClN3S2. The standard InChI is InChI=1S/C12H12ClN3S2/c1-7-6-18-11(16-7)5-15-10-4-8(13)2-3-9(10)12(14)17/h2-4,6,15H,5H2,1H3,(H2,14,17). The number of hydrogen-bond donors (Lipinski definition) is 2. The number of benzene rings is 1. The zero-order valence-electron chi connectivity index (χ0n) is 9.74. The molecule has 2 rings (SSSR count). The summed E-state index contributed by atoms with van der Waals surface area (Å²) in [6.45, 7) is 2.61. The summed E-state index contributed by atoms with van der Waals surface area (Å²) in [6, 6.07) is 5.41. The van der Waals surface area contributed by atoms with Gasteiger partial charge in [-0.3, -0.25) is 0 Å². The number of aromatic nitrogens is 1. The fraction of sp³-hybridized carbons (Fsp3) is 0.167. The van der Waals surface area contributed by atoms with Crippen molar-refractivity contribution >= 4 is 45.8 Å². The maximum Gasteiger partial charge on any atom is 0.112 e. The molecular weight excluding hydrogens is 286 g/mol. The first kappa shape index (κ1) is 13.3. The summed E-state index contributed by atoms with van der Waals surface area (Å²) in [7, 11) is 0. The molecule has 0 bridgehead atoms. The first-order valence-electron chi connectivity index (χ1n) is 5.30. The van der Waals surface area contributed by atoms with E-state index in [0.717, 1.165) is 22.0 Å². The molecule has 0 saturated carbocycles. The molecule has 0 atom stereocenters. The van der Waals surface area contributed by atoms with Crippen molar-refractivity contribution in [1.82, 2.24) is 4.98 Å². The second-order valence-electron chi connectivity index (χ2n) is 3.79. The number of thiazole rings is 1. The van der Waals surface area contributed by atoms with E-state index in [1.807, 2.05) is 24.4 Å². The van der Waals surface area contributed by atoms with Crippen LogP contribution in [0.3, 0.4) is 0 Å². The lowest BCUT2D eigenvalue weighted by atomic mass is 10.2. The molecule has 3 N–H and O–H groups in total. The molecule has 0 amide bonds. The molecule has 2 aromatic rings. The van der Waals surface area contributed by atoms with E-state index in [9.17, 15) is 0 Å². The van der Waals surface area contributed by atoms with Gasteiger partial charge in [-0.25, -0.2) is 4.98 Å². The lowest BCUT2D eigenvalue weighted by molar-refractivity contribution is 1.07. The van der Waals surface area contributed by atoms with Crippen molar-refractivity contribution < 1.29 is 0 Å². The lowest BCUT2D eigenvalue weighted by Gasteiger charge is -2.10. The summed E-state index contributed by atoms with van der Waals surface area (Å²) in [5, 5.41) is 6.94. The van der Waals surface area contributed by atoms with Crippen LogP contribution < -0.4 is 11.1 Å². The van der Waals surface area contributed by atoms with E-state index in [1.54, 1.807) is 17.4 Å². The Morgan fingerprint density at radius 1 is 1.56 bits per heavy atom. The quantitative estimate of drug-likeness (QED) is 0.850. The number of thiocarbonyl (C=S) groups is 1. The summed E-state index contributed by atoms with van der Waals surface area (Å²) < 4.78 is 0. The third-order valence-corrected chi connectivity index (χ3v) is 3.77. The second kappa shape index (κ2) is 5.65. The zero-order chi connectivity index (χ0) is 13.1. The van der Waals surface area contributed by atoms with Crippen LogP contribution in [0.4, 0.5) is 5.69 Å². The Balaban J connectivity index is 2.17. The molecule has 0 radical (unpaired) electrons. The van der Waals surface area contributed by atoms with Gasteiger partial charge in [-0.05, 0) is 25.1 Å². The van der Waals surface area contributed by atoms with Gasteiger partial charge in [0.2, 0.25) is 0 Å². The number of rotatable bonds is 4. The van der Waals surface area contributed by atoms with Gasteiger partial charge in [-0.1, -0.05) is 23.8 Å². The number of nitrogens with one attached hydrogen (secondary N) is 1. The van der Waals surface area contributed by atoms with Gasteiger partial charge in [0.25, 0.3) is 0 Å². The monoisotopic (exact) mass is 297 g/mol. The third kappa shape index (κ3) is 3.19. The van der Waals surface area contributed by atoms with Crippen LogP contribution in [0.15, 0.2) is 23.6 Å². The van der Waals surface area contributed by atoms with E-state index in [-0.39, 0.29) is 0 Å². The van der Waals surface area contributed by atoms with E-state index in [4.69, 9.17) is 29.6 Å². The minimum absolute atomic E-state index is 0.351. The van der Waals surface area contributed by atoms with Crippen molar-refractivity contribution in [3.8, 4) is 0 Å². The Bertz CT molecular complexity index is 580. The number of anilines is 1. The zero-order valence-corrected chi connectivity index (χ0v) is 12.1. The van der Waals surface area contributed by atoms with Gasteiger partial charge >= 0.3 is 0 Å². The number of nitrogens with zero attached hydrogens (tertiary/aromatic N) is 1. The number of nitrogens with two attached hydrogens (primary N) is 1. The first-order valence-corrected chi connectivity index (χ1v) is 6.97. The van der Waals surface area contributed by atoms with E-state index < -0.39 is 0 Å². The summed E-state index contributed by atoms with van der Waals surface area (Å²) in [5.74, 6) is 0. The summed E-state index contributed by atoms with van der Waals surface area (Å²) in [5.41, 5.74) is 8.33.